The molecule has 0 aromatic carbocycles. The van der Waals surface area contributed by atoms with E-state index in [1.54, 1.807) is 10.6 Å². The van der Waals surface area contributed by atoms with Crippen molar-refractivity contribution in [3.05, 3.63) is 35.3 Å². The molecule has 4 aromatic rings. The standard InChI is InChI=1S/C23H29FN9O6PS2/c1-10(13-4-11(5-34)39-21(13)32-9-29-15-19(32)30-22(26)31-20(15)36)40(41,42)38-6-14-16(35)23(24,7-37-14)33-3-2-12-17(25)27-8-28-18(12)33/h2-3,8-11,13-14,16,21,34-35H,4-7H2,1H3,(H,41,42)(H2,25,27,28)(H3,26,30,31,36)/t10-,11-,13-,14+,16+,21+,23+/m0/s1. The highest BCUT2D eigenvalue weighted by molar-refractivity contribution is 8.62. The third-order valence-electron chi connectivity index (χ3n) is 7.94. The van der Waals surface area contributed by atoms with E-state index in [-0.39, 0.29) is 47.7 Å². The van der Waals surface area contributed by atoms with Gasteiger partial charge in [0.2, 0.25) is 11.7 Å². The zero-order valence-corrected chi connectivity index (χ0v) is 24.8. The maximum atomic E-state index is 16.2. The van der Waals surface area contributed by atoms with Crippen LogP contribution in [0.15, 0.2) is 29.7 Å². The van der Waals surface area contributed by atoms with Crippen LogP contribution in [0.2, 0.25) is 0 Å². The van der Waals surface area contributed by atoms with Crippen LogP contribution in [0.1, 0.15) is 19.6 Å². The van der Waals surface area contributed by atoms with Crippen molar-refractivity contribution in [1.29, 1.82) is 0 Å². The minimum Gasteiger partial charge on any atom is -0.394 e. The number of thiol groups is 1. The summed E-state index contributed by atoms with van der Waals surface area (Å²) in [6.45, 7) is 0.922. The van der Waals surface area contributed by atoms with Gasteiger partial charge < -0.3 is 35.7 Å². The Labute approximate surface area is 247 Å². The maximum absolute atomic E-state index is 16.2. The lowest BCUT2D eigenvalue weighted by atomic mass is 10.00. The number of imidazole rings is 1. The zero-order chi connectivity index (χ0) is 30.0. The summed E-state index contributed by atoms with van der Waals surface area (Å²) in [5, 5.41) is 21.3. The number of halogens is 1. The van der Waals surface area contributed by atoms with Crippen LogP contribution in [0.25, 0.3) is 22.2 Å². The summed E-state index contributed by atoms with van der Waals surface area (Å²) >= 11 is 10.6. The average molecular weight is 642 g/mol. The molecule has 0 bridgehead atoms. The van der Waals surface area contributed by atoms with Gasteiger partial charge in [-0.25, -0.2) is 19.3 Å². The number of hydrogen-bond donors (Lipinski definition) is 6. The highest BCUT2D eigenvalue weighted by Gasteiger charge is 2.53. The van der Waals surface area contributed by atoms with Gasteiger partial charge in [0.25, 0.3) is 5.56 Å². The molecule has 8 atom stereocenters. The number of nitrogens with zero attached hydrogens (tertiary/aromatic N) is 6. The van der Waals surface area contributed by atoms with Gasteiger partial charge >= 0.3 is 0 Å². The minimum atomic E-state index is -2.95. The van der Waals surface area contributed by atoms with Crippen LogP contribution in [-0.4, -0.2) is 88.1 Å². The van der Waals surface area contributed by atoms with Crippen molar-refractivity contribution in [3.63, 3.8) is 0 Å². The van der Waals surface area contributed by atoms with Crippen molar-refractivity contribution in [1.82, 2.24) is 34.1 Å². The Morgan fingerprint density at radius 2 is 2.17 bits per heavy atom. The summed E-state index contributed by atoms with van der Waals surface area (Å²) < 4.78 is 36.8. The van der Waals surface area contributed by atoms with Crippen LogP contribution < -0.4 is 17.0 Å². The Morgan fingerprint density at radius 3 is 2.93 bits per heavy atom. The molecule has 7 N–H and O–H groups in total. The fourth-order valence-corrected chi connectivity index (χ4v) is 8.29. The van der Waals surface area contributed by atoms with Gasteiger partial charge in [0.1, 0.15) is 48.3 Å². The number of alkyl halides is 1. The lowest BCUT2D eigenvalue weighted by Gasteiger charge is -2.32. The summed E-state index contributed by atoms with van der Waals surface area (Å²) in [6, 6.07) is 1.57. The number of aromatic nitrogens is 7. The van der Waals surface area contributed by atoms with Crippen molar-refractivity contribution < 1.29 is 28.6 Å². The number of nitrogens with two attached hydrogens (primary N) is 2. The molecule has 0 saturated carbocycles. The first-order valence-corrected chi connectivity index (χ1v) is 16.9. The van der Waals surface area contributed by atoms with Crippen molar-refractivity contribution in [3.8, 4) is 0 Å². The van der Waals surface area contributed by atoms with Crippen LogP contribution in [0.5, 0.6) is 0 Å². The number of nitrogen functional groups attached to an aromatic ring is 2. The Morgan fingerprint density at radius 1 is 1.38 bits per heavy atom. The van der Waals surface area contributed by atoms with Crippen molar-refractivity contribution in [2.75, 3.05) is 31.3 Å². The summed E-state index contributed by atoms with van der Waals surface area (Å²) in [7, 11) is 0. The van der Waals surface area contributed by atoms with Gasteiger partial charge in [0, 0.05) is 17.8 Å². The molecule has 2 aliphatic heterocycles. The van der Waals surface area contributed by atoms with Gasteiger partial charge in [-0.2, -0.15) is 4.98 Å². The lowest BCUT2D eigenvalue weighted by Crippen LogP contribution is -2.43. The molecule has 6 rings (SSSR count). The molecule has 19 heteroatoms. The molecule has 1 unspecified atom stereocenters. The maximum Gasteiger partial charge on any atom is 0.280 e. The second-order valence-corrected chi connectivity index (χ2v) is 16.8. The number of nitrogens with one attached hydrogen (secondary N) is 1. The third kappa shape index (κ3) is 4.79. The van der Waals surface area contributed by atoms with Crippen molar-refractivity contribution in [2.24, 2.45) is 5.92 Å². The molecule has 4 aromatic heterocycles. The molecule has 2 aliphatic rings. The molecule has 0 amide bonds. The van der Waals surface area contributed by atoms with Crippen LogP contribution in [0.4, 0.5) is 16.2 Å². The first kappa shape index (κ1) is 29.4. The molecular formula is C23H29FN9O6PS2. The largest absolute Gasteiger partial charge is 0.394 e. The third-order valence-corrected chi connectivity index (χ3v) is 12.6. The number of ether oxygens (including phenoxy) is 2. The van der Waals surface area contributed by atoms with Crippen molar-refractivity contribution in [2.45, 2.75) is 49.3 Å². The number of hydrogen-bond acceptors (Lipinski definition) is 13. The summed E-state index contributed by atoms with van der Waals surface area (Å²) in [5.74, 6) is -2.57. The highest BCUT2D eigenvalue weighted by atomic mass is 32.9. The first-order chi connectivity index (χ1) is 19.9. The number of aliphatic hydroxyl groups excluding tert-OH is 2. The number of H-pyrrole nitrogens is 1. The van der Waals surface area contributed by atoms with Crippen LogP contribution >= 0.6 is 17.7 Å². The van der Waals surface area contributed by atoms with Crippen LogP contribution in [0, 0.1) is 5.92 Å². The summed E-state index contributed by atoms with van der Waals surface area (Å²) in [6.07, 6.45) is 0.583. The fraction of sp³-hybridized carbons (Fsp3) is 0.522. The molecule has 2 saturated heterocycles. The SMILES string of the molecule is C[C@@H]([C@@H]1C[C@@H](CO)O[C@H]1n1cnc2c(=O)[nH]c(N)nc21)P(=S)(S)OC[C@H]1OC[C@@](F)(n2ccc3c(N)ncnc32)[C@@H]1O. The lowest BCUT2D eigenvalue weighted by molar-refractivity contribution is -0.0435. The quantitative estimate of drug-likeness (QED) is 0.115. The van der Waals surface area contributed by atoms with Gasteiger partial charge in [-0.3, -0.25) is 18.9 Å². The summed E-state index contributed by atoms with van der Waals surface area (Å²) in [5.41, 5.74) is 8.30. The molecule has 2 fully saturated rings. The van der Waals surface area contributed by atoms with Gasteiger partial charge in [-0.15, -0.1) is 12.2 Å². The average Bonchev–Trinajstić information content (AvgIpc) is 3.73. The van der Waals surface area contributed by atoms with E-state index in [1.165, 1.54) is 23.4 Å². The number of anilines is 2. The number of aromatic amines is 1. The summed E-state index contributed by atoms with van der Waals surface area (Å²) in [4.78, 5) is 31.1. The number of fused-ring (bicyclic) bond motifs is 2. The van der Waals surface area contributed by atoms with Gasteiger partial charge in [-0.1, -0.05) is 18.7 Å². The van der Waals surface area contributed by atoms with E-state index < -0.39 is 53.6 Å². The van der Waals surface area contributed by atoms with Crippen LogP contribution in [-0.2, 0) is 31.6 Å². The van der Waals surface area contributed by atoms with E-state index >= 15 is 4.39 Å². The Balaban J connectivity index is 1.20. The zero-order valence-electron chi connectivity index (χ0n) is 22.1. The number of rotatable bonds is 8. The normalized spacial score (nSPS) is 30.3. The predicted octanol–water partition coefficient (Wildman–Crippen LogP) is 0.651. The van der Waals surface area contributed by atoms with Gasteiger partial charge in [-0.05, 0) is 12.5 Å². The smallest absolute Gasteiger partial charge is 0.280 e. The Hall–Kier alpha value is -2.70. The predicted molar refractivity (Wildman–Crippen MR) is 157 cm³/mol. The first-order valence-electron chi connectivity index (χ1n) is 13.0. The fourth-order valence-electron chi connectivity index (χ4n) is 5.57. The molecule has 6 heterocycles. The van der Waals surface area contributed by atoms with E-state index in [0.29, 0.717) is 11.8 Å². The molecule has 42 heavy (non-hydrogen) atoms. The molecule has 0 aliphatic carbocycles. The second-order valence-electron chi connectivity index (χ2n) is 10.4. The molecule has 15 nitrogen and oxygen atoms in total. The second kappa shape index (κ2) is 10.8. The molecular weight excluding hydrogens is 612 g/mol. The topological polar surface area (TPSA) is 214 Å². The van der Waals surface area contributed by atoms with Gasteiger partial charge in [0.05, 0.1) is 31.0 Å². The Bertz CT molecular complexity index is 1750. The Kier molecular flexibility index (Phi) is 7.54. The highest BCUT2D eigenvalue weighted by Crippen LogP contribution is 2.62. The van der Waals surface area contributed by atoms with E-state index in [1.807, 2.05) is 6.92 Å². The van der Waals surface area contributed by atoms with Gasteiger partial charge in [0.15, 0.2) is 11.2 Å². The molecule has 0 spiro atoms. The van der Waals surface area contributed by atoms with E-state index in [9.17, 15) is 15.0 Å². The molecule has 226 valence electrons. The minimum absolute atomic E-state index is 0.0823. The van der Waals surface area contributed by atoms with Crippen LogP contribution in [0.3, 0.4) is 0 Å². The monoisotopic (exact) mass is 641 g/mol. The molecule has 0 radical (unpaired) electrons. The van der Waals surface area contributed by atoms with E-state index in [2.05, 4.69) is 24.9 Å². The number of aliphatic hydroxyl groups is 2. The van der Waals surface area contributed by atoms with E-state index in [0.717, 1.165) is 0 Å². The van der Waals surface area contributed by atoms with Crippen molar-refractivity contribution >= 4 is 63.5 Å². The van der Waals surface area contributed by atoms with E-state index in [4.69, 9.17) is 49.5 Å².